The molecule has 4 aliphatic rings. The Morgan fingerprint density at radius 3 is 1.86 bits per heavy atom. The molecule has 0 saturated heterocycles. The number of hydrogen-bond donors (Lipinski definition) is 0. The van der Waals surface area contributed by atoms with Gasteiger partial charge in [-0.2, -0.15) is 0 Å². The van der Waals surface area contributed by atoms with Gasteiger partial charge in [-0.25, -0.2) is 45.7 Å². The lowest BCUT2D eigenvalue weighted by molar-refractivity contribution is 0.0725. The molecule has 4 aromatic rings. The Labute approximate surface area is 245 Å². The van der Waals surface area contributed by atoms with Crippen molar-refractivity contribution in [2.75, 3.05) is 0 Å². The van der Waals surface area contributed by atoms with E-state index in [9.17, 15) is 22.8 Å². The normalized spacial score (nSPS) is 30.5. The fraction of sp³-hybridized carbons (Fsp3) is 0.400. The number of aromatic nitrogens is 6. The second-order valence-corrected chi connectivity index (χ2v) is 11.8. The Balaban J connectivity index is 1.09. The highest BCUT2D eigenvalue weighted by Gasteiger charge is 2.73. The average Bonchev–Trinajstić information content (AvgIpc) is 3.43. The van der Waals surface area contributed by atoms with E-state index in [1.807, 2.05) is 0 Å². The van der Waals surface area contributed by atoms with Crippen LogP contribution in [0.3, 0.4) is 0 Å². The van der Waals surface area contributed by atoms with Gasteiger partial charge in [0.15, 0.2) is 24.0 Å². The minimum Gasteiger partial charge on any atom is -0.290 e. The van der Waals surface area contributed by atoms with Crippen molar-refractivity contribution in [1.29, 1.82) is 0 Å². The molecule has 2 saturated carbocycles. The van der Waals surface area contributed by atoms with Crippen LogP contribution in [0.25, 0.3) is 0 Å². The number of Topliss-reactive ketones (excluding diaryl/α,β-unsaturated/α-hetero) is 2. The Morgan fingerprint density at radius 1 is 0.727 bits per heavy atom. The molecule has 2 aliphatic carbocycles. The molecule has 2 aliphatic heterocycles. The van der Waals surface area contributed by atoms with E-state index in [-0.39, 0.29) is 35.6 Å². The first-order valence-corrected chi connectivity index (χ1v) is 14.2. The molecule has 2 aromatic heterocycles. The van der Waals surface area contributed by atoms with E-state index in [0.717, 1.165) is 10.2 Å². The number of benzene rings is 2. The van der Waals surface area contributed by atoms with Crippen LogP contribution in [0.15, 0.2) is 54.6 Å². The molecule has 226 valence electrons. The second-order valence-electron chi connectivity index (χ2n) is 11.8. The number of hydrogen-bond acceptors (Lipinski definition) is 6. The molecule has 2 fully saturated rings. The highest BCUT2D eigenvalue weighted by Crippen LogP contribution is 2.64. The zero-order valence-electron chi connectivity index (χ0n) is 22.6. The minimum absolute atomic E-state index is 0.0566. The van der Waals surface area contributed by atoms with Gasteiger partial charge in [0.2, 0.25) is 23.2 Å². The van der Waals surface area contributed by atoms with Crippen LogP contribution in [0, 0.1) is 11.8 Å². The average molecular weight is 613 g/mol. The van der Waals surface area contributed by atoms with Gasteiger partial charge in [0.05, 0.1) is 23.9 Å². The second kappa shape index (κ2) is 9.08. The van der Waals surface area contributed by atoms with E-state index >= 15 is 13.2 Å². The van der Waals surface area contributed by atoms with Crippen LogP contribution < -0.4 is 0 Å². The SMILES string of the molecule is O=C(c1nc2n(n1)[C@H](c1ccccc1C1[C@H](C(=O)c3nc4n(n3)[C@H](c3ccccc3)C[C@@H]4F)C1(F)F)C[C@@H]2F)[C@@H]1CC1(F)F. The number of carbonyl (C=O) groups is 2. The van der Waals surface area contributed by atoms with Gasteiger partial charge in [0, 0.05) is 19.3 Å². The number of nitrogens with zero attached hydrogens (tertiary/aromatic N) is 6. The maximum atomic E-state index is 15.4. The number of alkyl halides is 6. The molecule has 1 unspecified atom stereocenters. The fourth-order valence-electron chi connectivity index (χ4n) is 6.71. The van der Waals surface area contributed by atoms with Gasteiger partial charge in [0.25, 0.3) is 11.8 Å². The lowest BCUT2D eigenvalue weighted by Crippen LogP contribution is -2.14. The van der Waals surface area contributed by atoms with Crippen molar-refractivity contribution in [3.05, 3.63) is 94.6 Å². The maximum absolute atomic E-state index is 15.4. The van der Waals surface area contributed by atoms with E-state index in [0.29, 0.717) is 0 Å². The van der Waals surface area contributed by atoms with Crippen LogP contribution in [-0.4, -0.2) is 52.9 Å². The largest absolute Gasteiger partial charge is 0.290 e. The fourth-order valence-corrected chi connectivity index (χ4v) is 6.71. The van der Waals surface area contributed by atoms with Crippen molar-refractivity contribution >= 4 is 11.6 Å². The van der Waals surface area contributed by atoms with Gasteiger partial charge in [-0.05, 0) is 16.7 Å². The number of halogens is 6. The van der Waals surface area contributed by atoms with Crippen LogP contribution in [0.4, 0.5) is 26.3 Å². The summed E-state index contributed by atoms with van der Waals surface area (Å²) in [5.41, 5.74) is 1.05. The van der Waals surface area contributed by atoms with Gasteiger partial charge in [-0.3, -0.25) is 9.59 Å². The van der Waals surface area contributed by atoms with Crippen LogP contribution in [0.2, 0.25) is 0 Å². The first-order valence-electron chi connectivity index (χ1n) is 14.2. The lowest BCUT2D eigenvalue weighted by atomic mass is 9.94. The number of ketones is 2. The van der Waals surface area contributed by atoms with Crippen LogP contribution in [0.5, 0.6) is 0 Å². The van der Waals surface area contributed by atoms with Gasteiger partial charge in [-0.1, -0.05) is 54.6 Å². The van der Waals surface area contributed by atoms with Crippen molar-refractivity contribution in [2.45, 2.75) is 61.5 Å². The first-order chi connectivity index (χ1) is 21.0. The summed E-state index contributed by atoms with van der Waals surface area (Å²) in [5, 5.41) is 8.19. The summed E-state index contributed by atoms with van der Waals surface area (Å²) < 4.78 is 90.1. The van der Waals surface area contributed by atoms with Crippen molar-refractivity contribution in [3.63, 3.8) is 0 Å². The smallest absolute Gasteiger partial charge is 0.266 e. The summed E-state index contributed by atoms with van der Waals surface area (Å²) in [7, 11) is 0. The summed E-state index contributed by atoms with van der Waals surface area (Å²) in [6.07, 6.45) is -4.06. The van der Waals surface area contributed by atoms with E-state index in [1.165, 1.54) is 22.9 Å². The summed E-state index contributed by atoms with van der Waals surface area (Å²) in [4.78, 5) is 33.8. The van der Waals surface area contributed by atoms with Crippen LogP contribution in [0.1, 0.15) is 99.2 Å². The molecule has 8 rings (SSSR count). The third kappa shape index (κ3) is 3.91. The van der Waals surface area contributed by atoms with Gasteiger partial charge < -0.3 is 0 Å². The zero-order chi connectivity index (χ0) is 30.7. The van der Waals surface area contributed by atoms with Crippen molar-refractivity contribution in [2.24, 2.45) is 11.8 Å². The number of rotatable bonds is 7. The summed E-state index contributed by atoms with van der Waals surface area (Å²) in [6, 6.07) is 13.4. The molecule has 0 bridgehead atoms. The van der Waals surface area contributed by atoms with Crippen molar-refractivity contribution in [3.8, 4) is 0 Å². The third-order valence-corrected chi connectivity index (χ3v) is 9.12. The molecule has 0 N–H and O–H groups in total. The molecule has 2 aromatic carbocycles. The molecule has 4 heterocycles. The van der Waals surface area contributed by atoms with Crippen molar-refractivity contribution in [1.82, 2.24) is 29.5 Å². The minimum atomic E-state index is -3.51. The Hall–Kier alpha value is -4.36. The zero-order valence-corrected chi connectivity index (χ0v) is 22.6. The summed E-state index contributed by atoms with van der Waals surface area (Å²) in [6.45, 7) is 0. The van der Waals surface area contributed by atoms with Gasteiger partial charge in [0.1, 0.15) is 5.92 Å². The highest BCUT2D eigenvalue weighted by molar-refractivity contribution is 5.99. The van der Waals surface area contributed by atoms with E-state index in [4.69, 9.17) is 0 Å². The predicted molar refractivity (Wildman–Crippen MR) is 139 cm³/mol. The molecular formula is C30H22F6N6O2. The van der Waals surface area contributed by atoms with E-state index in [1.54, 1.807) is 36.4 Å². The molecular weight excluding hydrogens is 590 g/mol. The Morgan fingerprint density at radius 2 is 1.25 bits per heavy atom. The topological polar surface area (TPSA) is 95.6 Å². The number of carbonyl (C=O) groups excluding carboxylic acids is 2. The highest BCUT2D eigenvalue weighted by atomic mass is 19.3. The molecule has 44 heavy (non-hydrogen) atoms. The quantitative estimate of drug-likeness (QED) is 0.189. The molecule has 8 nitrogen and oxygen atoms in total. The summed E-state index contributed by atoms with van der Waals surface area (Å²) in [5.74, 6) is -15.1. The predicted octanol–water partition coefficient (Wildman–Crippen LogP) is 5.95. The number of fused-ring (bicyclic) bond motifs is 2. The lowest BCUT2D eigenvalue weighted by Gasteiger charge is -2.16. The van der Waals surface area contributed by atoms with Gasteiger partial charge >= 0.3 is 0 Å². The maximum Gasteiger partial charge on any atom is 0.266 e. The van der Waals surface area contributed by atoms with E-state index < -0.39 is 83.7 Å². The molecule has 7 atom stereocenters. The van der Waals surface area contributed by atoms with Crippen molar-refractivity contribution < 1.29 is 35.9 Å². The first kappa shape index (κ1) is 27.2. The van der Waals surface area contributed by atoms with Gasteiger partial charge in [-0.15, -0.1) is 10.2 Å². The van der Waals surface area contributed by atoms with Crippen LogP contribution >= 0.6 is 0 Å². The Bertz CT molecular complexity index is 1840. The third-order valence-electron chi connectivity index (χ3n) is 9.12. The summed E-state index contributed by atoms with van der Waals surface area (Å²) >= 11 is 0. The molecule has 0 spiro atoms. The molecule has 14 heteroatoms. The standard InChI is InChI=1S/C30H22F6N6O2/c31-17-10-19(13-6-2-1-3-7-13)41-27(17)38-26(40-41)24(44)22-21(30(22,35)36)15-9-5-4-8-14(15)20-11-18(32)28-37-25(39-42(20)28)23(43)16-12-29(16,33)34/h1-9,16-22H,10-12H2/t16-,17-,18-,19-,20-,21?,22+/m0/s1. The molecule has 0 radical (unpaired) electrons. The Kier molecular flexibility index (Phi) is 5.62. The van der Waals surface area contributed by atoms with Crippen LogP contribution in [-0.2, 0) is 0 Å². The molecule has 0 amide bonds. The van der Waals surface area contributed by atoms with E-state index in [2.05, 4.69) is 20.2 Å². The monoisotopic (exact) mass is 612 g/mol.